The number of anilines is 2. The Bertz CT molecular complexity index is 1180. The van der Waals surface area contributed by atoms with E-state index in [1.807, 2.05) is 18.2 Å². The summed E-state index contributed by atoms with van der Waals surface area (Å²) >= 11 is 0. The summed E-state index contributed by atoms with van der Waals surface area (Å²) in [6.45, 7) is 3.82. The second kappa shape index (κ2) is 6.53. The highest BCUT2D eigenvalue weighted by Gasteiger charge is 2.32. The van der Waals surface area contributed by atoms with Crippen molar-refractivity contribution in [1.29, 1.82) is 0 Å². The molecule has 6 nitrogen and oxygen atoms in total. The third-order valence-electron chi connectivity index (χ3n) is 4.72. The minimum Gasteiger partial charge on any atom is -0.490 e. The van der Waals surface area contributed by atoms with Gasteiger partial charge >= 0.3 is 0 Å². The van der Waals surface area contributed by atoms with Crippen molar-refractivity contribution in [3.8, 4) is 5.75 Å². The van der Waals surface area contributed by atoms with Crippen LogP contribution in [-0.4, -0.2) is 20.9 Å². The lowest BCUT2D eigenvalue weighted by atomic mass is 9.94. The summed E-state index contributed by atoms with van der Waals surface area (Å²) in [4.78, 5) is 12.5. The number of carbonyl (C=O) groups is 1. The van der Waals surface area contributed by atoms with E-state index in [0.717, 1.165) is 5.39 Å². The van der Waals surface area contributed by atoms with Crippen LogP contribution in [0.4, 0.5) is 11.4 Å². The first-order valence-electron chi connectivity index (χ1n) is 8.85. The minimum atomic E-state index is -3.82. The number of sulfonamides is 1. The van der Waals surface area contributed by atoms with Crippen LogP contribution in [0.1, 0.15) is 13.8 Å². The summed E-state index contributed by atoms with van der Waals surface area (Å²) in [6, 6.07) is 17.3. The average molecular weight is 396 g/mol. The van der Waals surface area contributed by atoms with E-state index in [2.05, 4.69) is 10.0 Å². The molecule has 0 fully saturated rings. The van der Waals surface area contributed by atoms with Gasteiger partial charge in [0.15, 0.2) is 0 Å². The number of ether oxygens (including phenoxy) is 1. The molecule has 0 aromatic heterocycles. The molecule has 1 heterocycles. The molecule has 144 valence electrons. The molecule has 0 saturated heterocycles. The van der Waals surface area contributed by atoms with E-state index >= 15 is 0 Å². The van der Waals surface area contributed by atoms with E-state index in [4.69, 9.17) is 4.74 Å². The molecular weight excluding hydrogens is 376 g/mol. The Labute approximate surface area is 163 Å². The van der Waals surface area contributed by atoms with Crippen LogP contribution in [-0.2, 0) is 14.8 Å². The highest BCUT2D eigenvalue weighted by Crippen LogP contribution is 2.35. The van der Waals surface area contributed by atoms with Crippen molar-refractivity contribution in [3.63, 3.8) is 0 Å². The average Bonchev–Trinajstić information content (AvgIpc) is 2.77. The van der Waals surface area contributed by atoms with E-state index in [-0.39, 0.29) is 17.4 Å². The molecule has 1 aliphatic heterocycles. The van der Waals surface area contributed by atoms with Crippen LogP contribution < -0.4 is 14.8 Å². The van der Waals surface area contributed by atoms with E-state index in [1.165, 1.54) is 0 Å². The number of fused-ring (bicyclic) bond motifs is 2. The Morgan fingerprint density at radius 3 is 2.61 bits per heavy atom. The summed E-state index contributed by atoms with van der Waals surface area (Å²) in [6.07, 6.45) is 0. The summed E-state index contributed by atoms with van der Waals surface area (Å²) in [5.41, 5.74) is 0.103. The minimum absolute atomic E-state index is 0.180. The summed E-state index contributed by atoms with van der Waals surface area (Å²) in [5, 5.41) is 4.30. The summed E-state index contributed by atoms with van der Waals surface area (Å²) in [7, 11) is -3.82. The SMILES string of the molecule is CC1(C)COc2ccc(NS(=O)(=O)c3cccc4ccccc34)cc2NC1=O. The molecule has 0 atom stereocenters. The van der Waals surface area contributed by atoms with Gasteiger partial charge in [-0.25, -0.2) is 8.42 Å². The van der Waals surface area contributed by atoms with Gasteiger partial charge in [-0.1, -0.05) is 36.4 Å². The van der Waals surface area contributed by atoms with Crippen LogP contribution in [0.15, 0.2) is 65.6 Å². The summed E-state index contributed by atoms with van der Waals surface area (Å²) in [5.74, 6) is 0.326. The molecule has 3 aromatic rings. The predicted molar refractivity (Wildman–Crippen MR) is 109 cm³/mol. The number of nitrogens with one attached hydrogen (secondary N) is 2. The number of benzene rings is 3. The first-order valence-corrected chi connectivity index (χ1v) is 10.3. The largest absolute Gasteiger partial charge is 0.490 e. The van der Waals surface area contributed by atoms with Gasteiger partial charge < -0.3 is 10.1 Å². The molecule has 0 saturated carbocycles. The molecule has 7 heteroatoms. The molecule has 0 unspecified atom stereocenters. The van der Waals surface area contributed by atoms with E-state index in [9.17, 15) is 13.2 Å². The fourth-order valence-electron chi connectivity index (χ4n) is 3.07. The Kier molecular flexibility index (Phi) is 4.27. The van der Waals surface area contributed by atoms with Crippen molar-refractivity contribution in [2.75, 3.05) is 16.6 Å². The molecule has 3 aromatic carbocycles. The van der Waals surface area contributed by atoms with Crippen molar-refractivity contribution in [2.24, 2.45) is 5.41 Å². The zero-order valence-electron chi connectivity index (χ0n) is 15.5. The van der Waals surface area contributed by atoms with Crippen LogP contribution in [0.5, 0.6) is 5.75 Å². The fourth-order valence-corrected chi connectivity index (χ4v) is 4.35. The van der Waals surface area contributed by atoms with Crippen molar-refractivity contribution >= 4 is 38.1 Å². The molecule has 28 heavy (non-hydrogen) atoms. The van der Waals surface area contributed by atoms with Gasteiger partial charge in [0.1, 0.15) is 12.4 Å². The first-order chi connectivity index (χ1) is 13.3. The number of amides is 1. The van der Waals surface area contributed by atoms with Gasteiger partial charge in [-0.2, -0.15) is 0 Å². The molecule has 0 bridgehead atoms. The molecule has 0 spiro atoms. The van der Waals surface area contributed by atoms with Crippen molar-refractivity contribution in [1.82, 2.24) is 0 Å². The lowest BCUT2D eigenvalue weighted by Crippen LogP contribution is -2.33. The Morgan fingerprint density at radius 2 is 1.79 bits per heavy atom. The zero-order valence-corrected chi connectivity index (χ0v) is 16.3. The Balaban J connectivity index is 1.69. The molecule has 2 N–H and O–H groups in total. The van der Waals surface area contributed by atoms with Gasteiger partial charge in [0.25, 0.3) is 10.0 Å². The summed E-state index contributed by atoms with van der Waals surface area (Å²) < 4.78 is 34.3. The molecule has 1 amide bonds. The van der Waals surface area contributed by atoms with Crippen LogP contribution >= 0.6 is 0 Å². The second-order valence-corrected chi connectivity index (χ2v) is 9.07. The van der Waals surface area contributed by atoms with Gasteiger partial charge in [0.2, 0.25) is 5.91 Å². The highest BCUT2D eigenvalue weighted by atomic mass is 32.2. The van der Waals surface area contributed by atoms with Crippen LogP contribution in [0, 0.1) is 5.41 Å². The lowest BCUT2D eigenvalue weighted by Gasteiger charge is -2.18. The van der Waals surface area contributed by atoms with E-state index in [1.54, 1.807) is 56.3 Å². The molecular formula is C21H20N2O4S. The molecule has 0 aliphatic carbocycles. The van der Waals surface area contributed by atoms with Crippen molar-refractivity contribution < 1.29 is 17.9 Å². The third kappa shape index (κ3) is 3.29. The number of hydrogen-bond donors (Lipinski definition) is 2. The van der Waals surface area contributed by atoms with Gasteiger partial charge in [-0.05, 0) is 43.5 Å². The lowest BCUT2D eigenvalue weighted by molar-refractivity contribution is -0.124. The number of hydrogen-bond acceptors (Lipinski definition) is 4. The van der Waals surface area contributed by atoms with Crippen LogP contribution in [0.25, 0.3) is 10.8 Å². The van der Waals surface area contributed by atoms with Crippen molar-refractivity contribution in [2.45, 2.75) is 18.7 Å². The maximum Gasteiger partial charge on any atom is 0.262 e. The highest BCUT2D eigenvalue weighted by molar-refractivity contribution is 7.93. The molecule has 1 aliphatic rings. The normalized spacial score (nSPS) is 15.9. The maximum absolute atomic E-state index is 13.0. The van der Waals surface area contributed by atoms with Crippen LogP contribution in [0.3, 0.4) is 0 Å². The second-order valence-electron chi connectivity index (χ2n) is 7.42. The quantitative estimate of drug-likeness (QED) is 0.701. The fraction of sp³-hybridized carbons (Fsp3) is 0.190. The predicted octanol–water partition coefficient (Wildman–Crippen LogP) is 4.00. The Hall–Kier alpha value is -3.06. The first kappa shape index (κ1) is 18.3. The van der Waals surface area contributed by atoms with Gasteiger partial charge in [0, 0.05) is 5.39 Å². The van der Waals surface area contributed by atoms with E-state index < -0.39 is 15.4 Å². The Morgan fingerprint density at radius 1 is 1.04 bits per heavy atom. The van der Waals surface area contributed by atoms with Gasteiger partial charge in [0.05, 0.1) is 21.7 Å². The zero-order chi connectivity index (χ0) is 19.9. The smallest absolute Gasteiger partial charge is 0.262 e. The topological polar surface area (TPSA) is 84.5 Å². The van der Waals surface area contributed by atoms with E-state index in [0.29, 0.717) is 22.5 Å². The molecule has 0 radical (unpaired) electrons. The number of carbonyl (C=O) groups excluding carboxylic acids is 1. The van der Waals surface area contributed by atoms with Crippen molar-refractivity contribution in [3.05, 3.63) is 60.7 Å². The molecule has 4 rings (SSSR count). The maximum atomic E-state index is 13.0. The van der Waals surface area contributed by atoms with Gasteiger partial charge in [-0.15, -0.1) is 0 Å². The van der Waals surface area contributed by atoms with Gasteiger partial charge in [-0.3, -0.25) is 9.52 Å². The van der Waals surface area contributed by atoms with Crippen LogP contribution in [0.2, 0.25) is 0 Å². The monoisotopic (exact) mass is 396 g/mol. The number of rotatable bonds is 3. The third-order valence-corrected chi connectivity index (χ3v) is 6.16. The standard InChI is InChI=1S/C21H20N2O4S/c1-21(2)13-27-18-11-10-15(12-17(18)22-20(21)24)23-28(25,26)19-9-5-7-14-6-3-4-8-16(14)19/h3-12,23H,13H2,1-2H3,(H,22,24).